The number of amides is 1. The Kier molecular flexibility index (Phi) is 3.86. The molecule has 14 heavy (non-hydrogen) atoms. The lowest BCUT2D eigenvalue weighted by Crippen LogP contribution is -2.60. The molecule has 0 aromatic heterocycles. The number of hydrogen-bond acceptors (Lipinski definition) is 4. The van der Waals surface area contributed by atoms with Gasteiger partial charge in [-0.1, -0.05) is 0 Å². The molecule has 1 rings (SSSR count). The molecule has 0 bridgehead atoms. The molecule has 0 aromatic rings. The number of primary amides is 1. The Bertz CT molecular complexity index is 210. The van der Waals surface area contributed by atoms with Gasteiger partial charge in [0.25, 0.3) is 0 Å². The Morgan fingerprint density at radius 1 is 1.79 bits per heavy atom. The third-order valence-electron chi connectivity index (χ3n) is 2.74. The lowest BCUT2D eigenvalue weighted by Gasteiger charge is -2.29. The summed E-state index contributed by atoms with van der Waals surface area (Å²) in [7, 11) is 1.62. The fourth-order valence-corrected chi connectivity index (χ4v) is 1.76. The first-order chi connectivity index (χ1) is 6.63. The van der Waals surface area contributed by atoms with Crippen molar-refractivity contribution in [3.63, 3.8) is 0 Å². The SMILES string of the molecule is COCCNC1(C(N)=O)CCOC1C. The highest BCUT2D eigenvalue weighted by Gasteiger charge is 2.46. The number of hydrogen-bond donors (Lipinski definition) is 2. The maximum Gasteiger partial charge on any atom is 0.240 e. The van der Waals surface area contributed by atoms with Crippen molar-refractivity contribution in [2.45, 2.75) is 25.0 Å². The molecule has 0 aromatic carbocycles. The van der Waals surface area contributed by atoms with Crippen molar-refractivity contribution in [2.24, 2.45) is 5.73 Å². The Morgan fingerprint density at radius 2 is 2.50 bits per heavy atom. The van der Waals surface area contributed by atoms with Crippen molar-refractivity contribution >= 4 is 5.91 Å². The van der Waals surface area contributed by atoms with Crippen LogP contribution in [0, 0.1) is 0 Å². The number of methoxy groups -OCH3 is 1. The molecule has 1 saturated heterocycles. The Morgan fingerprint density at radius 3 is 2.93 bits per heavy atom. The molecule has 3 N–H and O–H groups in total. The van der Waals surface area contributed by atoms with Crippen LogP contribution in [0.3, 0.4) is 0 Å². The number of carbonyl (C=O) groups excluding carboxylic acids is 1. The lowest BCUT2D eigenvalue weighted by molar-refractivity contribution is -0.126. The summed E-state index contributed by atoms with van der Waals surface area (Å²) in [5.74, 6) is -0.349. The smallest absolute Gasteiger partial charge is 0.240 e. The van der Waals surface area contributed by atoms with Crippen LogP contribution < -0.4 is 11.1 Å². The van der Waals surface area contributed by atoms with Crippen LogP contribution in [-0.4, -0.2) is 44.4 Å². The number of ether oxygens (including phenoxy) is 2. The van der Waals surface area contributed by atoms with E-state index in [9.17, 15) is 4.79 Å². The zero-order valence-electron chi connectivity index (χ0n) is 8.71. The largest absolute Gasteiger partial charge is 0.383 e. The summed E-state index contributed by atoms with van der Waals surface area (Å²) in [6, 6.07) is 0. The molecule has 1 aliphatic rings. The standard InChI is InChI=1S/C9H18N2O3/c1-7-9(8(10)12,3-5-14-7)11-4-6-13-2/h7,11H,3-6H2,1-2H3,(H2,10,12). The summed E-state index contributed by atoms with van der Waals surface area (Å²) >= 11 is 0. The minimum Gasteiger partial charge on any atom is -0.383 e. The van der Waals surface area contributed by atoms with Crippen LogP contribution in [-0.2, 0) is 14.3 Å². The molecule has 0 aliphatic carbocycles. The minimum atomic E-state index is -0.710. The average Bonchev–Trinajstić information content (AvgIpc) is 2.49. The molecule has 1 heterocycles. The van der Waals surface area contributed by atoms with Gasteiger partial charge in [-0.2, -0.15) is 0 Å². The highest BCUT2D eigenvalue weighted by atomic mass is 16.5. The zero-order chi connectivity index (χ0) is 10.6. The molecule has 1 aliphatic heterocycles. The van der Waals surface area contributed by atoms with E-state index >= 15 is 0 Å². The first-order valence-electron chi connectivity index (χ1n) is 4.79. The monoisotopic (exact) mass is 202 g/mol. The Hall–Kier alpha value is -0.650. The van der Waals surface area contributed by atoms with Gasteiger partial charge in [-0.25, -0.2) is 0 Å². The number of nitrogens with one attached hydrogen (secondary N) is 1. The summed E-state index contributed by atoms with van der Waals surface area (Å²) < 4.78 is 10.3. The van der Waals surface area contributed by atoms with Crippen LogP contribution >= 0.6 is 0 Å². The Labute approximate surface area is 83.9 Å². The third kappa shape index (κ3) is 2.05. The van der Waals surface area contributed by atoms with Crippen molar-refractivity contribution in [1.29, 1.82) is 0 Å². The molecule has 0 radical (unpaired) electrons. The molecule has 5 nitrogen and oxygen atoms in total. The van der Waals surface area contributed by atoms with Gasteiger partial charge >= 0.3 is 0 Å². The highest BCUT2D eigenvalue weighted by molar-refractivity contribution is 5.85. The van der Waals surface area contributed by atoms with E-state index in [0.29, 0.717) is 26.2 Å². The van der Waals surface area contributed by atoms with E-state index in [0.717, 1.165) is 0 Å². The summed E-state index contributed by atoms with van der Waals surface area (Å²) in [5.41, 5.74) is 4.67. The van der Waals surface area contributed by atoms with Gasteiger partial charge < -0.3 is 15.2 Å². The van der Waals surface area contributed by atoms with Crippen LogP contribution in [0.1, 0.15) is 13.3 Å². The quantitative estimate of drug-likeness (QED) is 0.576. The van der Waals surface area contributed by atoms with Crippen LogP contribution in [0.2, 0.25) is 0 Å². The molecule has 2 unspecified atom stereocenters. The van der Waals surface area contributed by atoms with E-state index in [2.05, 4.69) is 5.32 Å². The summed E-state index contributed by atoms with van der Waals surface area (Å²) in [4.78, 5) is 11.4. The molecular formula is C9H18N2O3. The average molecular weight is 202 g/mol. The van der Waals surface area contributed by atoms with Crippen molar-refractivity contribution in [1.82, 2.24) is 5.32 Å². The molecule has 0 spiro atoms. The maximum absolute atomic E-state index is 11.4. The second-order valence-electron chi connectivity index (χ2n) is 3.52. The molecule has 82 valence electrons. The van der Waals surface area contributed by atoms with E-state index in [4.69, 9.17) is 15.2 Å². The fraction of sp³-hybridized carbons (Fsp3) is 0.889. The van der Waals surface area contributed by atoms with Gasteiger partial charge in [0.15, 0.2) is 0 Å². The highest BCUT2D eigenvalue weighted by Crippen LogP contribution is 2.25. The van der Waals surface area contributed by atoms with Gasteiger partial charge in [0.1, 0.15) is 5.54 Å². The normalized spacial score (nSPS) is 32.0. The number of nitrogens with two attached hydrogens (primary N) is 1. The third-order valence-corrected chi connectivity index (χ3v) is 2.74. The van der Waals surface area contributed by atoms with Crippen LogP contribution in [0.4, 0.5) is 0 Å². The fourth-order valence-electron chi connectivity index (χ4n) is 1.76. The molecule has 1 amide bonds. The van der Waals surface area contributed by atoms with Crippen LogP contribution in [0.5, 0.6) is 0 Å². The van der Waals surface area contributed by atoms with E-state index in [-0.39, 0.29) is 12.0 Å². The molecule has 0 saturated carbocycles. The lowest BCUT2D eigenvalue weighted by atomic mass is 9.91. The second kappa shape index (κ2) is 4.72. The van der Waals surface area contributed by atoms with Crippen molar-refractivity contribution in [2.75, 3.05) is 26.9 Å². The van der Waals surface area contributed by atoms with Crippen LogP contribution in [0.15, 0.2) is 0 Å². The van der Waals surface area contributed by atoms with E-state index in [1.54, 1.807) is 7.11 Å². The Balaban J connectivity index is 2.58. The van der Waals surface area contributed by atoms with E-state index < -0.39 is 5.54 Å². The minimum absolute atomic E-state index is 0.170. The van der Waals surface area contributed by atoms with Gasteiger partial charge in [-0.15, -0.1) is 0 Å². The van der Waals surface area contributed by atoms with Gasteiger partial charge in [0, 0.05) is 26.7 Å². The van der Waals surface area contributed by atoms with Crippen molar-refractivity contribution in [3.05, 3.63) is 0 Å². The van der Waals surface area contributed by atoms with Gasteiger partial charge in [-0.05, 0) is 6.92 Å². The van der Waals surface area contributed by atoms with Gasteiger partial charge in [0.2, 0.25) is 5.91 Å². The summed E-state index contributed by atoms with van der Waals surface area (Å²) in [6.45, 7) is 3.59. The first-order valence-corrected chi connectivity index (χ1v) is 4.79. The molecule has 2 atom stereocenters. The van der Waals surface area contributed by atoms with Crippen LogP contribution in [0.25, 0.3) is 0 Å². The molecular weight excluding hydrogens is 184 g/mol. The van der Waals surface area contributed by atoms with Crippen molar-refractivity contribution in [3.8, 4) is 0 Å². The van der Waals surface area contributed by atoms with Gasteiger partial charge in [0.05, 0.1) is 12.7 Å². The number of rotatable bonds is 5. The van der Waals surface area contributed by atoms with Gasteiger partial charge in [-0.3, -0.25) is 10.1 Å². The molecule has 1 fully saturated rings. The molecule has 5 heteroatoms. The second-order valence-corrected chi connectivity index (χ2v) is 3.52. The summed E-state index contributed by atoms with van der Waals surface area (Å²) in [6.07, 6.45) is 0.463. The van der Waals surface area contributed by atoms with E-state index in [1.807, 2.05) is 6.92 Å². The predicted molar refractivity (Wildman–Crippen MR) is 51.8 cm³/mol. The number of carbonyl (C=O) groups is 1. The van der Waals surface area contributed by atoms with E-state index in [1.165, 1.54) is 0 Å². The summed E-state index contributed by atoms with van der Waals surface area (Å²) in [5, 5.41) is 3.12. The topological polar surface area (TPSA) is 73.6 Å². The van der Waals surface area contributed by atoms with Crippen molar-refractivity contribution < 1.29 is 14.3 Å². The zero-order valence-corrected chi connectivity index (χ0v) is 8.71. The first kappa shape index (κ1) is 11.4. The maximum atomic E-state index is 11.4. The predicted octanol–water partition coefficient (Wildman–Crippen LogP) is -0.745.